The number of benzene rings is 1. The van der Waals surface area contributed by atoms with E-state index in [4.69, 9.17) is 10.6 Å². The van der Waals surface area contributed by atoms with Gasteiger partial charge >= 0.3 is 0 Å². The van der Waals surface area contributed by atoms with Crippen LogP contribution in [0.3, 0.4) is 0 Å². The molecule has 1 aromatic carbocycles. The Hall–Kier alpha value is -2.35. The first-order valence-corrected chi connectivity index (χ1v) is 4.97. The second-order valence-electron chi connectivity index (χ2n) is 3.43. The number of hydrogen-bond acceptors (Lipinski definition) is 4. The molecule has 0 aliphatic heterocycles. The van der Waals surface area contributed by atoms with Gasteiger partial charge in [0.2, 0.25) is 0 Å². The van der Waals surface area contributed by atoms with Gasteiger partial charge in [0.05, 0.1) is 0 Å². The zero-order valence-electron chi connectivity index (χ0n) is 9.25. The fourth-order valence-electron chi connectivity index (χ4n) is 1.28. The van der Waals surface area contributed by atoms with Crippen LogP contribution in [0.25, 0.3) is 0 Å². The molecule has 19 heavy (non-hydrogen) atoms. The van der Waals surface area contributed by atoms with Gasteiger partial charge in [0.1, 0.15) is 5.82 Å². The van der Waals surface area contributed by atoms with Gasteiger partial charge in [-0.25, -0.2) is 23.4 Å². The van der Waals surface area contributed by atoms with Crippen molar-refractivity contribution in [3.63, 3.8) is 0 Å². The number of aromatic nitrogens is 1. The van der Waals surface area contributed by atoms with Crippen molar-refractivity contribution < 1.29 is 22.3 Å². The number of nitrogens with zero attached hydrogens (tertiary/aromatic N) is 1. The SMILES string of the molecule is NNc1nc(Oc2cc(F)ccc2F)c(F)cc1F. The van der Waals surface area contributed by atoms with E-state index in [0.29, 0.717) is 12.1 Å². The molecule has 3 N–H and O–H groups in total. The van der Waals surface area contributed by atoms with Crippen LogP contribution in [-0.4, -0.2) is 4.98 Å². The van der Waals surface area contributed by atoms with Gasteiger partial charge in [0.15, 0.2) is 29.0 Å². The van der Waals surface area contributed by atoms with Crippen molar-refractivity contribution in [1.82, 2.24) is 4.98 Å². The van der Waals surface area contributed by atoms with Gasteiger partial charge in [0.25, 0.3) is 5.88 Å². The summed E-state index contributed by atoms with van der Waals surface area (Å²) in [6.07, 6.45) is 0. The number of nitrogens with one attached hydrogen (secondary N) is 1. The molecule has 1 aromatic heterocycles. The van der Waals surface area contributed by atoms with Gasteiger partial charge < -0.3 is 10.2 Å². The van der Waals surface area contributed by atoms with E-state index in [1.165, 1.54) is 0 Å². The standard InChI is InChI=1S/C11H7F4N3O/c12-5-1-2-6(13)9(3-5)19-11-8(15)4-7(14)10(17-11)18-16/h1-4H,16H2,(H,17,18). The second-order valence-corrected chi connectivity index (χ2v) is 3.43. The Morgan fingerprint density at radius 1 is 1.00 bits per heavy atom. The molecule has 0 saturated heterocycles. The predicted octanol–water partition coefficient (Wildman–Crippen LogP) is 2.72. The molecule has 0 amide bonds. The van der Waals surface area contributed by atoms with Crippen LogP contribution in [0.1, 0.15) is 0 Å². The summed E-state index contributed by atoms with van der Waals surface area (Å²) in [7, 11) is 0. The maximum Gasteiger partial charge on any atom is 0.258 e. The highest BCUT2D eigenvalue weighted by Gasteiger charge is 2.15. The van der Waals surface area contributed by atoms with Crippen LogP contribution in [0.15, 0.2) is 24.3 Å². The molecule has 1 heterocycles. The van der Waals surface area contributed by atoms with Gasteiger partial charge in [-0.1, -0.05) is 0 Å². The topological polar surface area (TPSA) is 60.2 Å². The number of anilines is 1. The number of halogens is 4. The molecule has 8 heteroatoms. The first-order valence-electron chi connectivity index (χ1n) is 4.97. The summed E-state index contributed by atoms with van der Waals surface area (Å²) < 4.78 is 57.4. The lowest BCUT2D eigenvalue weighted by molar-refractivity contribution is 0.392. The molecular formula is C11H7F4N3O. The molecule has 100 valence electrons. The summed E-state index contributed by atoms with van der Waals surface area (Å²) in [4.78, 5) is 3.36. The van der Waals surface area contributed by atoms with Crippen LogP contribution < -0.4 is 16.0 Å². The van der Waals surface area contributed by atoms with Crippen molar-refractivity contribution in [2.45, 2.75) is 0 Å². The fraction of sp³-hybridized carbons (Fsp3) is 0. The molecule has 0 fully saturated rings. The molecule has 0 unspecified atom stereocenters. The van der Waals surface area contributed by atoms with Crippen molar-refractivity contribution in [1.29, 1.82) is 0 Å². The summed E-state index contributed by atoms with van der Waals surface area (Å²) in [5.41, 5.74) is 1.87. The van der Waals surface area contributed by atoms with E-state index in [0.717, 1.165) is 12.1 Å². The first-order chi connectivity index (χ1) is 9.01. The van der Waals surface area contributed by atoms with E-state index in [1.54, 1.807) is 0 Å². The highest BCUT2D eigenvalue weighted by molar-refractivity contribution is 5.40. The smallest absolute Gasteiger partial charge is 0.258 e. The van der Waals surface area contributed by atoms with E-state index < -0.39 is 40.7 Å². The van der Waals surface area contributed by atoms with Crippen molar-refractivity contribution in [2.24, 2.45) is 5.84 Å². The first kappa shape index (κ1) is 13.1. The average Bonchev–Trinajstić information content (AvgIpc) is 2.37. The molecule has 0 atom stereocenters. The maximum atomic E-state index is 13.4. The van der Waals surface area contributed by atoms with Crippen LogP contribution in [-0.2, 0) is 0 Å². The Bertz CT molecular complexity index is 621. The second kappa shape index (κ2) is 5.11. The lowest BCUT2D eigenvalue weighted by Gasteiger charge is -2.09. The molecule has 0 bridgehead atoms. The van der Waals surface area contributed by atoms with Crippen LogP contribution in [0, 0.1) is 23.3 Å². The van der Waals surface area contributed by atoms with E-state index in [9.17, 15) is 17.6 Å². The average molecular weight is 273 g/mol. The van der Waals surface area contributed by atoms with Gasteiger partial charge in [-0.2, -0.15) is 4.98 Å². The van der Waals surface area contributed by atoms with Gasteiger partial charge in [-0.15, -0.1) is 0 Å². The predicted molar refractivity (Wildman–Crippen MR) is 58.4 cm³/mol. The summed E-state index contributed by atoms with van der Waals surface area (Å²) in [6.45, 7) is 0. The van der Waals surface area contributed by atoms with E-state index in [-0.39, 0.29) is 0 Å². The number of nitrogens with two attached hydrogens (primary N) is 1. The van der Waals surface area contributed by atoms with Crippen molar-refractivity contribution in [3.05, 3.63) is 47.5 Å². The summed E-state index contributed by atoms with van der Waals surface area (Å²) in [5.74, 6) is -0.792. The van der Waals surface area contributed by atoms with E-state index >= 15 is 0 Å². The summed E-state index contributed by atoms with van der Waals surface area (Å²) in [6, 6.07) is 2.82. The normalized spacial score (nSPS) is 10.4. The van der Waals surface area contributed by atoms with Crippen LogP contribution in [0.4, 0.5) is 23.4 Å². The number of ether oxygens (including phenoxy) is 1. The molecule has 2 rings (SSSR count). The molecule has 0 aliphatic rings. The zero-order chi connectivity index (χ0) is 14.0. The number of hydrogen-bond donors (Lipinski definition) is 2. The third-order valence-corrected chi connectivity index (χ3v) is 2.13. The van der Waals surface area contributed by atoms with Crippen molar-refractivity contribution in [3.8, 4) is 11.6 Å². The molecule has 4 nitrogen and oxygen atoms in total. The van der Waals surface area contributed by atoms with Crippen LogP contribution in [0.5, 0.6) is 11.6 Å². The Morgan fingerprint density at radius 2 is 1.74 bits per heavy atom. The molecule has 2 aromatic rings. The lowest BCUT2D eigenvalue weighted by atomic mass is 10.3. The number of nitrogen functional groups attached to an aromatic ring is 1. The van der Waals surface area contributed by atoms with Crippen molar-refractivity contribution >= 4 is 5.82 Å². The molecular weight excluding hydrogens is 266 g/mol. The molecule has 0 spiro atoms. The molecule has 0 radical (unpaired) electrons. The third kappa shape index (κ3) is 2.74. The third-order valence-electron chi connectivity index (χ3n) is 2.13. The highest BCUT2D eigenvalue weighted by Crippen LogP contribution is 2.27. The number of pyridine rings is 1. The number of rotatable bonds is 3. The largest absolute Gasteiger partial charge is 0.433 e. The molecule has 0 saturated carbocycles. The fourth-order valence-corrected chi connectivity index (χ4v) is 1.28. The quantitative estimate of drug-likeness (QED) is 0.513. The Kier molecular flexibility index (Phi) is 3.52. The van der Waals surface area contributed by atoms with E-state index in [1.807, 2.05) is 5.43 Å². The Balaban J connectivity index is 2.40. The Labute approximate surface area is 104 Å². The van der Waals surface area contributed by atoms with Gasteiger partial charge in [-0.3, -0.25) is 0 Å². The molecule has 0 aliphatic carbocycles. The minimum absolute atomic E-state index is 0.453. The zero-order valence-corrected chi connectivity index (χ0v) is 9.25. The highest BCUT2D eigenvalue weighted by atomic mass is 19.1. The van der Waals surface area contributed by atoms with Gasteiger partial charge in [-0.05, 0) is 12.1 Å². The van der Waals surface area contributed by atoms with Crippen LogP contribution >= 0.6 is 0 Å². The lowest BCUT2D eigenvalue weighted by Crippen LogP contribution is -2.11. The minimum atomic E-state index is -1.18. The van der Waals surface area contributed by atoms with Crippen molar-refractivity contribution in [2.75, 3.05) is 5.43 Å². The number of hydrazine groups is 1. The monoisotopic (exact) mass is 273 g/mol. The van der Waals surface area contributed by atoms with E-state index in [2.05, 4.69) is 4.98 Å². The summed E-state index contributed by atoms with van der Waals surface area (Å²) in [5, 5.41) is 0. The Morgan fingerprint density at radius 3 is 2.42 bits per heavy atom. The maximum absolute atomic E-state index is 13.4. The minimum Gasteiger partial charge on any atom is -0.433 e. The summed E-state index contributed by atoms with van der Waals surface area (Å²) >= 11 is 0. The van der Waals surface area contributed by atoms with Crippen LogP contribution in [0.2, 0.25) is 0 Å². The van der Waals surface area contributed by atoms with Gasteiger partial charge in [0, 0.05) is 12.1 Å².